The highest BCUT2D eigenvalue weighted by molar-refractivity contribution is 5.54. The Morgan fingerprint density at radius 2 is 2.18 bits per heavy atom. The van der Waals surface area contributed by atoms with Crippen molar-refractivity contribution in [2.45, 2.75) is 38.6 Å². The molecule has 0 bridgehead atoms. The van der Waals surface area contributed by atoms with Crippen molar-refractivity contribution in [3.05, 3.63) is 29.8 Å². The van der Waals surface area contributed by atoms with Crippen LogP contribution in [0, 0.1) is 0 Å². The third-order valence-electron chi connectivity index (χ3n) is 3.60. The van der Waals surface area contributed by atoms with E-state index in [-0.39, 0.29) is 0 Å². The number of piperidine rings is 1. The molecule has 1 unspecified atom stereocenters. The van der Waals surface area contributed by atoms with Gasteiger partial charge in [-0.05, 0) is 37.3 Å². The van der Waals surface area contributed by atoms with Crippen LogP contribution in [0.15, 0.2) is 24.3 Å². The molecule has 1 heterocycles. The molecular formula is C14H22N2O. The maximum Gasteiger partial charge on any atom is 0.0882 e. The smallest absolute Gasteiger partial charge is 0.0882 e. The van der Waals surface area contributed by atoms with Gasteiger partial charge in [0, 0.05) is 12.2 Å². The van der Waals surface area contributed by atoms with Gasteiger partial charge in [0.25, 0.3) is 0 Å². The first kappa shape index (κ1) is 12.4. The molecule has 1 aromatic carbocycles. The first-order chi connectivity index (χ1) is 8.36. The van der Waals surface area contributed by atoms with E-state index in [1.807, 2.05) is 0 Å². The number of benzene rings is 1. The number of rotatable bonds is 4. The van der Waals surface area contributed by atoms with E-state index < -0.39 is 0 Å². The Morgan fingerprint density at radius 3 is 2.94 bits per heavy atom. The number of nitrogens with two attached hydrogens (primary N) is 1. The van der Waals surface area contributed by atoms with Crippen LogP contribution >= 0.6 is 0 Å². The van der Waals surface area contributed by atoms with E-state index in [0.717, 1.165) is 13.0 Å². The van der Waals surface area contributed by atoms with E-state index in [9.17, 15) is 0 Å². The van der Waals surface area contributed by atoms with Gasteiger partial charge >= 0.3 is 0 Å². The zero-order valence-electron chi connectivity index (χ0n) is 10.6. The van der Waals surface area contributed by atoms with E-state index in [1.54, 1.807) is 0 Å². The number of aryl methyl sites for hydroxylation is 1. The van der Waals surface area contributed by atoms with E-state index >= 15 is 0 Å². The van der Waals surface area contributed by atoms with Crippen molar-refractivity contribution < 1.29 is 4.84 Å². The minimum atomic E-state index is 0.432. The van der Waals surface area contributed by atoms with Gasteiger partial charge in [0.2, 0.25) is 0 Å². The summed E-state index contributed by atoms with van der Waals surface area (Å²) < 4.78 is 0. The zero-order valence-corrected chi connectivity index (χ0v) is 10.6. The number of anilines is 1. The molecule has 1 fully saturated rings. The number of hydrogen-bond acceptors (Lipinski definition) is 3. The molecule has 0 aromatic heterocycles. The minimum Gasteiger partial charge on any atom is -0.366 e. The highest BCUT2D eigenvalue weighted by Gasteiger charge is 2.23. The normalized spacial score (nSPS) is 20.6. The Morgan fingerprint density at radius 1 is 1.35 bits per heavy atom. The predicted molar refractivity (Wildman–Crippen MR) is 70.9 cm³/mol. The predicted octanol–water partition coefficient (Wildman–Crippen LogP) is 2.50. The van der Waals surface area contributed by atoms with Crippen LogP contribution < -0.4 is 10.8 Å². The molecule has 1 atom stereocenters. The molecule has 94 valence electrons. The lowest BCUT2D eigenvalue weighted by Crippen LogP contribution is -2.43. The van der Waals surface area contributed by atoms with Crippen LogP contribution in [0.4, 0.5) is 5.69 Å². The second kappa shape index (κ2) is 6.03. The molecule has 1 aromatic rings. The van der Waals surface area contributed by atoms with Crippen LogP contribution in [0.25, 0.3) is 0 Å². The molecular weight excluding hydrogens is 212 g/mol. The quantitative estimate of drug-likeness (QED) is 0.813. The molecule has 0 amide bonds. The number of nitrogens with zero attached hydrogens (tertiary/aromatic N) is 1. The first-order valence-corrected chi connectivity index (χ1v) is 6.53. The summed E-state index contributed by atoms with van der Waals surface area (Å²) in [6, 6.07) is 9.09. The van der Waals surface area contributed by atoms with Gasteiger partial charge < -0.3 is 9.74 Å². The van der Waals surface area contributed by atoms with Gasteiger partial charge in [-0.15, -0.1) is 0 Å². The molecule has 0 radical (unpaired) electrons. The summed E-state index contributed by atoms with van der Waals surface area (Å²) in [6.45, 7) is 3.94. The fourth-order valence-corrected chi connectivity index (χ4v) is 2.69. The summed E-state index contributed by atoms with van der Waals surface area (Å²) >= 11 is 0. The van der Waals surface area contributed by atoms with Crippen molar-refractivity contribution in [3.63, 3.8) is 0 Å². The van der Waals surface area contributed by atoms with Crippen molar-refractivity contribution in [3.8, 4) is 0 Å². The molecule has 0 spiro atoms. The van der Waals surface area contributed by atoms with Gasteiger partial charge in [0.1, 0.15) is 0 Å². The molecule has 3 nitrogen and oxygen atoms in total. The van der Waals surface area contributed by atoms with Crippen LogP contribution in [-0.4, -0.2) is 19.2 Å². The van der Waals surface area contributed by atoms with Crippen LogP contribution in [0.5, 0.6) is 0 Å². The summed E-state index contributed by atoms with van der Waals surface area (Å²) in [6.07, 6.45) is 4.79. The second-order valence-electron chi connectivity index (χ2n) is 4.66. The summed E-state index contributed by atoms with van der Waals surface area (Å²) in [5.74, 6) is 5.24. The number of hydrogen-bond donors (Lipinski definition) is 1. The monoisotopic (exact) mass is 234 g/mol. The van der Waals surface area contributed by atoms with Crippen LogP contribution in [0.2, 0.25) is 0 Å². The van der Waals surface area contributed by atoms with Gasteiger partial charge in [0.15, 0.2) is 0 Å². The molecule has 1 aliphatic rings. The molecule has 2 rings (SSSR count). The highest BCUT2D eigenvalue weighted by Crippen LogP contribution is 2.28. The second-order valence-corrected chi connectivity index (χ2v) is 4.66. The Hall–Kier alpha value is -1.06. The first-order valence-electron chi connectivity index (χ1n) is 6.53. The number of para-hydroxylation sites is 1. The van der Waals surface area contributed by atoms with E-state index in [2.05, 4.69) is 36.1 Å². The molecule has 1 saturated heterocycles. The third-order valence-corrected chi connectivity index (χ3v) is 3.60. The van der Waals surface area contributed by atoms with Gasteiger partial charge in [0.05, 0.1) is 12.6 Å². The van der Waals surface area contributed by atoms with E-state index in [1.165, 1.54) is 30.5 Å². The van der Waals surface area contributed by atoms with Crippen molar-refractivity contribution in [1.82, 2.24) is 0 Å². The molecule has 17 heavy (non-hydrogen) atoms. The summed E-state index contributed by atoms with van der Waals surface area (Å²) in [7, 11) is 0. The topological polar surface area (TPSA) is 38.5 Å². The van der Waals surface area contributed by atoms with Gasteiger partial charge in [-0.1, -0.05) is 25.1 Å². The lowest BCUT2D eigenvalue weighted by Gasteiger charge is -2.38. The SMILES string of the molecule is CCc1ccccc1N1CCCCC1CON. The lowest BCUT2D eigenvalue weighted by atomic mass is 9.99. The van der Waals surface area contributed by atoms with Crippen molar-refractivity contribution >= 4 is 5.69 Å². The molecule has 0 aliphatic carbocycles. The van der Waals surface area contributed by atoms with Crippen molar-refractivity contribution in [2.75, 3.05) is 18.1 Å². The average molecular weight is 234 g/mol. The molecule has 0 saturated carbocycles. The third kappa shape index (κ3) is 2.79. The molecule has 2 N–H and O–H groups in total. The Bertz CT molecular complexity index is 352. The average Bonchev–Trinajstić information content (AvgIpc) is 2.40. The van der Waals surface area contributed by atoms with E-state index in [0.29, 0.717) is 12.6 Å². The Balaban J connectivity index is 2.22. The fourth-order valence-electron chi connectivity index (χ4n) is 2.69. The lowest BCUT2D eigenvalue weighted by molar-refractivity contribution is 0.114. The van der Waals surface area contributed by atoms with Crippen LogP contribution in [0.1, 0.15) is 31.7 Å². The maximum atomic E-state index is 5.24. The van der Waals surface area contributed by atoms with Crippen molar-refractivity contribution in [2.24, 2.45) is 5.90 Å². The van der Waals surface area contributed by atoms with Gasteiger partial charge in [-0.25, -0.2) is 5.90 Å². The maximum absolute atomic E-state index is 5.24. The fraction of sp³-hybridized carbons (Fsp3) is 0.571. The molecule has 3 heteroatoms. The van der Waals surface area contributed by atoms with E-state index in [4.69, 9.17) is 10.7 Å². The van der Waals surface area contributed by atoms with Gasteiger partial charge in [-0.3, -0.25) is 0 Å². The zero-order chi connectivity index (χ0) is 12.1. The minimum absolute atomic E-state index is 0.432. The van der Waals surface area contributed by atoms with Gasteiger partial charge in [-0.2, -0.15) is 0 Å². The highest BCUT2D eigenvalue weighted by atomic mass is 16.6. The summed E-state index contributed by atoms with van der Waals surface area (Å²) in [5.41, 5.74) is 2.77. The molecule has 1 aliphatic heterocycles. The summed E-state index contributed by atoms with van der Waals surface area (Å²) in [5, 5.41) is 0. The van der Waals surface area contributed by atoms with Crippen LogP contribution in [-0.2, 0) is 11.3 Å². The van der Waals surface area contributed by atoms with Crippen molar-refractivity contribution in [1.29, 1.82) is 0 Å². The summed E-state index contributed by atoms with van der Waals surface area (Å²) in [4.78, 5) is 7.33. The Kier molecular flexibility index (Phi) is 4.40. The Labute approximate surface area is 104 Å². The standard InChI is InChI=1S/C14H22N2O/c1-2-12-7-3-4-9-14(12)16-10-6-5-8-13(16)11-17-15/h3-4,7,9,13H,2,5-6,8,10-11,15H2,1H3. The largest absolute Gasteiger partial charge is 0.366 e. The van der Waals surface area contributed by atoms with Crippen LogP contribution in [0.3, 0.4) is 0 Å².